The van der Waals surface area contributed by atoms with Crippen LogP contribution in [0.5, 0.6) is 5.75 Å². The highest BCUT2D eigenvalue weighted by Crippen LogP contribution is 2.45. The van der Waals surface area contributed by atoms with Crippen molar-refractivity contribution in [2.45, 2.75) is 32.9 Å². The normalized spacial score (nSPS) is 17.1. The van der Waals surface area contributed by atoms with Crippen molar-refractivity contribution < 1.29 is 13.2 Å². The lowest BCUT2D eigenvalue weighted by Gasteiger charge is -2.29. The molecule has 2 N–H and O–H groups in total. The van der Waals surface area contributed by atoms with Crippen LogP contribution in [-0.2, 0) is 10.0 Å². The summed E-state index contributed by atoms with van der Waals surface area (Å²) in [6, 6.07) is 18.7. The largest absolute Gasteiger partial charge is 0.494 e. The number of pyridine rings is 1. The molecule has 40 heavy (non-hydrogen) atoms. The van der Waals surface area contributed by atoms with Gasteiger partial charge in [-0.3, -0.25) is 9.71 Å². The van der Waals surface area contributed by atoms with Gasteiger partial charge in [-0.2, -0.15) is 0 Å². The molecule has 0 aliphatic carbocycles. The summed E-state index contributed by atoms with van der Waals surface area (Å²) in [5.41, 5.74) is 7.24. The topological polar surface area (TPSA) is 88.5 Å². The van der Waals surface area contributed by atoms with Gasteiger partial charge in [0, 0.05) is 40.0 Å². The molecule has 0 amide bonds. The Kier molecular flexibility index (Phi) is 7.52. The summed E-state index contributed by atoms with van der Waals surface area (Å²) in [5, 5.41) is 4.68. The quantitative estimate of drug-likeness (QED) is 0.253. The SMILES string of the molecule is COc1cc(N2C(=S)NC(c3ccccn3)C2c2cc(C)n(-c3cc(Cl)ccc3C)c2C)ccc1NS(C)(=O)=O. The molecule has 2 atom stereocenters. The first kappa shape index (κ1) is 27.9. The maximum atomic E-state index is 11.9. The van der Waals surface area contributed by atoms with Crippen molar-refractivity contribution in [1.82, 2.24) is 14.9 Å². The third-order valence-electron chi connectivity index (χ3n) is 7.06. The lowest BCUT2D eigenvalue weighted by atomic mass is 9.96. The Balaban J connectivity index is 1.68. The van der Waals surface area contributed by atoms with Crippen LogP contribution in [0.2, 0.25) is 5.02 Å². The first-order valence-corrected chi connectivity index (χ1v) is 15.3. The molecule has 0 spiro atoms. The van der Waals surface area contributed by atoms with Gasteiger partial charge in [-0.15, -0.1) is 0 Å². The highest BCUT2D eigenvalue weighted by molar-refractivity contribution is 7.92. The van der Waals surface area contributed by atoms with Crippen LogP contribution in [0.25, 0.3) is 5.69 Å². The number of anilines is 2. The third kappa shape index (κ3) is 5.26. The van der Waals surface area contributed by atoms with Gasteiger partial charge in [0.2, 0.25) is 10.0 Å². The van der Waals surface area contributed by atoms with Gasteiger partial charge < -0.3 is 19.5 Å². The van der Waals surface area contributed by atoms with Crippen LogP contribution >= 0.6 is 23.8 Å². The van der Waals surface area contributed by atoms with Gasteiger partial charge in [0.1, 0.15) is 5.75 Å². The predicted molar refractivity (Wildman–Crippen MR) is 164 cm³/mol. The van der Waals surface area contributed by atoms with E-state index in [1.807, 2.05) is 47.4 Å². The Morgan fingerprint density at radius 1 is 1.07 bits per heavy atom. The number of hydrogen-bond acceptors (Lipinski definition) is 5. The average Bonchev–Trinajstić information content (AvgIpc) is 3.40. The molecule has 2 aromatic heterocycles. The summed E-state index contributed by atoms with van der Waals surface area (Å²) in [5.74, 6) is 0.380. The number of aryl methyl sites for hydroxylation is 2. The van der Waals surface area contributed by atoms with Crippen molar-refractivity contribution in [1.29, 1.82) is 0 Å². The van der Waals surface area contributed by atoms with Crippen LogP contribution in [0.4, 0.5) is 11.4 Å². The number of hydrogen-bond donors (Lipinski definition) is 2. The molecule has 2 unspecified atom stereocenters. The number of thiocarbonyl (C=S) groups is 1. The first-order chi connectivity index (χ1) is 19.0. The molecule has 2 aromatic carbocycles. The molecule has 3 heterocycles. The smallest absolute Gasteiger partial charge is 0.229 e. The summed E-state index contributed by atoms with van der Waals surface area (Å²) in [6.45, 7) is 6.24. The molecule has 1 aliphatic rings. The Hall–Kier alpha value is -3.60. The summed E-state index contributed by atoms with van der Waals surface area (Å²) < 4.78 is 34.1. The summed E-state index contributed by atoms with van der Waals surface area (Å²) in [4.78, 5) is 6.70. The number of halogens is 1. The van der Waals surface area contributed by atoms with Crippen LogP contribution in [0.3, 0.4) is 0 Å². The lowest BCUT2D eigenvalue weighted by molar-refractivity contribution is 0.417. The number of sulfonamides is 1. The van der Waals surface area contributed by atoms with Crippen LogP contribution in [-0.4, -0.2) is 36.4 Å². The maximum absolute atomic E-state index is 11.9. The van der Waals surface area contributed by atoms with Crippen molar-refractivity contribution >= 4 is 50.3 Å². The number of benzene rings is 2. The number of nitrogens with zero attached hydrogens (tertiary/aromatic N) is 3. The fourth-order valence-electron chi connectivity index (χ4n) is 5.34. The number of methoxy groups -OCH3 is 1. The standard InChI is InChI=1S/C29H30ClN5O3S2/c1-17-9-10-20(30)15-25(17)34-18(2)14-22(19(34)3)28-27(24-8-6-7-13-31-24)32-29(39)35(28)21-11-12-23(26(16-21)38-4)33-40(5,36)37/h6-16,27-28,33H,1-5H3,(H,32,39). The van der Waals surface area contributed by atoms with E-state index in [2.05, 4.69) is 46.4 Å². The average molecular weight is 596 g/mol. The number of aromatic nitrogens is 2. The van der Waals surface area contributed by atoms with Gasteiger partial charge in [0.05, 0.1) is 36.8 Å². The molecule has 208 valence electrons. The van der Waals surface area contributed by atoms with Crippen LogP contribution in [0.1, 0.15) is 40.3 Å². The van der Waals surface area contributed by atoms with Crippen molar-refractivity contribution in [2.75, 3.05) is 23.0 Å². The molecule has 1 saturated heterocycles. The Morgan fingerprint density at radius 3 is 2.52 bits per heavy atom. The fraction of sp³-hybridized carbons (Fsp3) is 0.241. The Bertz CT molecular complexity index is 1710. The molecule has 0 saturated carbocycles. The van der Waals surface area contributed by atoms with Gasteiger partial charge in [-0.05, 0) is 86.6 Å². The van der Waals surface area contributed by atoms with E-state index in [1.165, 1.54) is 7.11 Å². The number of rotatable bonds is 7. The molecular formula is C29H30ClN5O3S2. The van der Waals surface area contributed by atoms with E-state index in [4.69, 9.17) is 28.6 Å². The van der Waals surface area contributed by atoms with Gasteiger partial charge in [0.25, 0.3) is 0 Å². The van der Waals surface area contributed by atoms with Gasteiger partial charge in [-0.1, -0.05) is 23.7 Å². The van der Waals surface area contributed by atoms with Crippen molar-refractivity contribution in [3.63, 3.8) is 0 Å². The van der Waals surface area contributed by atoms with E-state index in [9.17, 15) is 8.42 Å². The zero-order valence-electron chi connectivity index (χ0n) is 22.8. The van der Waals surface area contributed by atoms with Crippen LogP contribution < -0.4 is 19.7 Å². The molecule has 1 aliphatic heterocycles. The minimum atomic E-state index is -3.49. The van der Waals surface area contributed by atoms with E-state index in [0.717, 1.165) is 45.8 Å². The first-order valence-electron chi connectivity index (χ1n) is 12.6. The molecule has 0 radical (unpaired) electrons. The van der Waals surface area contributed by atoms with Crippen molar-refractivity contribution in [3.8, 4) is 11.4 Å². The Labute approximate surface area is 245 Å². The molecular weight excluding hydrogens is 566 g/mol. The molecule has 5 rings (SSSR count). The number of ether oxygens (including phenoxy) is 1. The summed E-state index contributed by atoms with van der Waals surface area (Å²) in [6.07, 6.45) is 2.87. The zero-order valence-corrected chi connectivity index (χ0v) is 25.2. The van der Waals surface area contributed by atoms with Gasteiger partial charge in [-0.25, -0.2) is 8.42 Å². The highest BCUT2D eigenvalue weighted by Gasteiger charge is 2.42. The third-order valence-corrected chi connectivity index (χ3v) is 8.20. The molecule has 1 fully saturated rings. The molecule has 4 aromatic rings. The minimum absolute atomic E-state index is 0.247. The minimum Gasteiger partial charge on any atom is -0.494 e. The van der Waals surface area contributed by atoms with E-state index < -0.39 is 10.0 Å². The second-order valence-electron chi connectivity index (χ2n) is 9.85. The van der Waals surface area contributed by atoms with E-state index in [-0.39, 0.29) is 12.1 Å². The van der Waals surface area contributed by atoms with Crippen molar-refractivity contribution in [3.05, 3.63) is 100 Å². The molecule has 11 heteroatoms. The summed E-state index contributed by atoms with van der Waals surface area (Å²) in [7, 11) is -1.99. The second-order valence-corrected chi connectivity index (χ2v) is 12.4. The highest BCUT2D eigenvalue weighted by atomic mass is 35.5. The van der Waals surface area contributed by atoms with E-state index >= 15 is 0 Å². The monoisotopic (exact) mass is 595 g/mol. The van der Waals surface area contributed by atoms with E-state index in [0.29, 0.717) is 21.6 Å². The fourth-order valence-corrected chi connectivity index (χ4v) is 6.42. The van der Waals surface area contributed by atoms with Crippen LogP contribution in [0.15, 0.2) is 66.9 Å². The zero-order chi connectivity index (χ0) is 28.8. The summed E-state index contributed by atoms with van der Waals surface area (Å²) >= 11 is 12.3. The van der Waals surface area contributed by atoms with E-state index in [1.54, 1.807) is 18.3 Å². The van der Waals surface area contributed by atoms with Gasteiger partial charge in [0.15, 0.2) is 5.11 Å². The molecule has 0 bridgehead atoms. The van der Waals surface area contributed by atoms with Gasteiger partial charge >= 0.3 is 0 Å². The second kappa shape index (κ2) is 10.8. The molecule has 8 nitrogen and oxygen atoms in total. The number of nitrogens with one attached hydrogen (secondary N) is 2. The maximum Gasteiger partial charge on any atom is 0.229 e. The predicted octanol–water partition coefficient (Wildman–Crippen LogP) is 6.01. The lowest BCUT2D eigenvalue weighted by Crippen LogP contribution is -2.29. The van der Waals surface area contributed by atoms with Crippen LogP contribution in [0, 0.1) is 20.8 Å². The van der Waals surface area contributed by atoms with Crippen molar-refractivity contribution in [2.24, 2.45) is 0 Å². The Morgan fingerprint density at radius 2 is 1.85 bits per heavy atom.